The van der Waals surface area contributed by atoms with Crippen molar-refractivity contribution < 1.29 is 24.9 Å². The molecule has 2 rings (SSSR count). The Kier molecular flexibility index (Phi) is 12.3. The molecule has 5 nitrogen and oxygen atoms in total. The van der Waals surface area contributed by atoms with Gasteiger partial charge in [0.1, 0.15) is 6.61 Å². The van der Waals surface area contributed by atoms with Gasteiger partial charge in [0.25, 0.3) is 0 Å². The van der Waals surface area contributed by atoms with Crippen molar-refractivity contribution in [1.29, 1.82) is 0 Å². The number of ether oxygens (including phenoxy) is 1. The van der Waals surface area contributed by atoms with Crippen molar-refractivity contribution in [3.05, 3.63) is 47.5 Å². The minimum absolute atomic E-state index is 0.0260. The van der Waals surface area contributed by atoms with E-state index in [0.29, 0.717) is 19.3 Å². The van der Waals surface area contributed by atoms with E-state index in [1.165, 1.54) is 0 Å². The highest BCUT2D eigenvalue weighted by atomic mass is 35.5. The molecule has 1 aliphatic carbocycles. The van der Waals surface area contributed by atoms with Crippen LogP contribution in [0.5, 0.6) is 0 Å². The minimum atomic E-state index is -0.475. The zero-order valence-electron chi connectivity index (χ0n) is 19.2. The summed E-state index contributed by atoms with van der Waals surface area (Å²) in [6.45, 7) is 2.05. The smallest absolute Gasteiger partial charge is 0.305 e. The Labute approximate surface area is 197 Å². The molecule has 6 heteroatoms. The summed E-state index contributed by atoms with van der Waals surface area (Å²) in [4.78, 5) is 11.4. The van der Waals surface area contributed by atoms with Crippen LogP contribution in [-0.2, 0) is 9.53 Å². The number of halogens is 1. The first-order chi connectivity index (χ1) is 15.5. The third-order valence-corrected chi connectivity index (χ3v) is 6.78. The quantitative estimate of drug-likeness (QED) is 0.155. The lowest BCUT2D eigenvalue weighted by Gasteiger charge is -2.23. The van der Waals surface area contributed by atoms with E-state index in [0.717, 1.165) is 49.7 Å². The van der Waals surface area contributed by atoms with Crippen LogP contribution in [0, 0.1) is 5.92 Å². The van der Waals surface area contributed by atoms with Crippen molar-refractivity contribution in [2.45, 2.75) is 88.2 Å². The monoisotopic (exact) mass is 466 g/mol. The summed E-state index contributed by atoms with van der Waals surface area (Å²) < 4.78 is 4.84. The molecule has 3 N–H and O–H groups in total. The molecule has 1 aliphatic rings. The minimum Gasteiger partial charge on any atom is -0.463 e. The van der Waals surface area contributed by atoms with Crippen molar-refractivity contribution in [3.8, 4) is 0 Å². The van der Waals surface area contributed by atoms with E-state index in [1.807, 2.05) is 24.3 Å². The summed E-state index contributed by atoms with van der Waals surface area (Å²) in [5.41, 5.74) is 1.99. The lowest BCUT2D eigenvalue weighted by molar-refractivity contribution is -0.144. The molecular weight excluding hydrogens is 428 g/mol. The van der Waals surface area contributed by atoms with Gasteiger partial charge in [-0.25, -0.2) is 0 Å². The second kappa shape index (κ2) is 14.7. The van der Waals surface area contributed by atoms with E-state index in [9.17, 15) is 15.0 Å². The van der Waals surface area contributed by atoms with Gasteiger partial charge < -0.3 is 20.1 Å². The van der Waals surface area contributed by atoms with Gasteiger partial charge in [0.05, 0.1) is 18.8 Å². The van der Waals surface area contributed by atoms with Crippen LogP contribution < -0.4 is 0 Å². The van der Waals surface area contributed by atoms with Crippen LogP contribution in [0.4, 0.5) is 0 Å². The van der Waals surface area contributed by atoms with Gasteiger partial charge >= 0.3 is 5.97 Å². The molecule has 1 saturated carbocycles. The number of unbranched alkanes of at least 4 members (excludes halogenated alkanes) is 3. The third kappa shape index (κ3) is 8.51. The normalized spacial score (nSPS) is 24.2. The second-order valence-corrected chi connectivity index (χ2v) is 9.29. The molecule has 1 aromatic carbocycles. The van der Waals surface area contributed by atoms with Gasteiger partial charge in [-0.15, -0.1) is 11.6 Å². The number of allylic oxidation sites excluding steroid dienone is 2. The number of aliphatic hydroxyl groups excluding tert-OH is 3. The van der Waals surface area contributed by atoms with Crippen molar-refractivity contribution in [2.75, 3.05) is 13.2 Å². The number of aliphatic hydroxyl groups is 3. The molecule has 32 heavy (non-hydrogen) atoms. The largest absolute Gasteiger partial charge is 0.463 e. The molecule has 0 heterocycles. The molecule has 0 radical (unpaired) electrons. The van der Waals surface area contributed by atoms with E-state index in [1.54, 1.807) is 0 Å². The Hall–Kier alpha value is -1.40. The van der Waals surface area contributed by atoms with Crippen molar-refractivity contribution in [1.82, 2.24) is 0 Å². The lowest BCUT2D eigenvalue weighted by Crippen LogP contribution is -2.18. The van der Waals surface area contributed by atoms with E-state index < -0.39 is 12.2 Å². The number of benzene rings is 1. The molecule has 0 aromatic heterocycles. The summed E-state index contributed by atoms with van der Waals surface area (Å²) in [5.74, 6) is -0.175. The van der Waals surface area contributed by atoms with Crippen LogP contribution in [0.25, 0.3) is 0 Å². The number of alkyl halides is 1. The molecule has 3 unspecified atom stereocenters. The Balaban J connectivity index is 1.88. The van der Waals surface area contributed by atoms with E-state index in [-0.39, 0.29) is 36.4 Å². The summed E-state index contributed by atoms with van der Waals surface area (Å²) >= 11 is 6.59. The number of rotatable bonds is 14. The van der Waals surface area contributed by atoms with Gasteiger partial charge in [-0.1, -0.05) is 62.6 Å². The molecule has 180 valence electrons. The maximum absolute atomic E-state index is 11.4. The molecular formula is C26H39ClO5. The molecule has 0 aliphatic heterocycles. The molecule has 0 bridgehead atoms. The summed E-state index contributed by atoms with van der Waals surface area (Å²) in [5, 5.41) is 29.6. The summed E-state index contributed by atoms with van der Waals surface area (Å²) in [6.07, 6.45) is 10.4. The topological polar surface area (TPSA) is 87.0 Å². The zero-order chi connectivity index (χ0) is 23.3. The molecule has 1 aromatic rings. The molecule has 1 fully saturated rings. The van der Waals surface area contributed by atoms with E-state index >= 15 is 0 Å². The number of carbonyl (C=O) groups excluding carboxylic acids is 1. The fourth-order valence-corrected chi connectivity index (χ4v) is 4.93. The molecule has 0 spiro atoms. The Morgan fingerprint density at radius 1 is 1.22 bits per heavy atom. The fourth-order valence-electron chi connectivity index (χ4n) is 4.49. The van der Waals surface area contributed by atoms with Crippen LogP contribution in [0.15, 0.2) is 36.4 Å². The molecule has 5 atom stereocenters. The van der Waals surface area contributed by atoms with Gasteiger partial charge in [-0.05, 0) is 49.1 Å². The average Bonchev–Trinajstić information content (AvgIpc) is 3.07. The standard InChI is InChI=1S/C26H39ClO5/c1-2-3-6-10-23(29)19-12-14-20(15-13-19)26-21(22(27)18-24(26)30)9-7-4-5-8-11-25(31)32-17-16-28/h4,7,12-15,21-24,26,28-30H,2-3,5-6,8-11,16-18H2,1H3/t21?,22-,23?,24-,26?/m1/s1. The number of hydrogen-bond acceptors (Lipinski definition) is 5. The van der Waals surface area contributed by atoms with Crippen LogP contribution in [0.1, 0.15) is 87.9 Å². The maximum Gasteiger partial charge on any atom is 0.305 e. The Morgan fingerprint density at radius 3 is 2.66 bits per heavy atom. The van der Waals surface area contributed by atoms with Gasteiger partial charge in [-0.3, -0.25) is 4.79 Å². The summed E-state index contributed by atoms with van der Waals surface area (Å²) in [6, 6.07) is 8.00. The Bertz CT molecular complexity index is 690. The molecule has 0 saturated heterocycles. The van der Waals surface area contributed by atoms with Gasteiger partial charge in [0.2, 0.25) is 0 Å². The highest BCUT2D eigenvalue weighted by Gasteiger charge is 2.41. The molecule has 0 amide bonds. The highest BCUT2D eigenvalue weighted by molar-refractivity contribution is 6.21. The number of carbonyl (C=O) groups is 1. The Morgan fingerprint density at radius 2 is 1.97 bits per heavy atom. The number of hydrogen-bond donors (Lipinski definition) is 3. The van der Waals surface area contributed by atoms with Crippen LogP contribution in [0.2, 0.25) is 0 Å². The van der Waals surface area contributed by atoms with Crippen LogP contribution in [0.3, 0.4) is 0 Å². The van der Waals surface area contributed by atoms with Gasteiger partial charge in [0.15, 0.2) is 0 Å². The fraction of sp³-hybridized carbons (Fsp3) is 0.654. The van der Waals surface area contributed by atoms with Crippen LogP contribution >= 0.6 is 11.6 Å². The average molecular weight is 467 g/mol. The van der Waals surface area contributed by atoms with Crippen LogP contribution in [-0.4, -0.2) is 46.0 Å². The van der Waals surface area contributed by atoms with E-state index in [4.69, 9.17) is 21.4 Å². The van der Waals surface area contributed by atoms with Gasteiger partial charge in [0, 0.05) is 17.7 Å². The first-order valence-electron chi connectivity index (χ1n) is 12.0. The number of esters is 1. The lowest BCUT2D eigenvalue weighted by atomic mass is 9.84. The van der Waals surface area contributed by atoms with Gasteiger partial charge in [-0.2, -0.15) is 0 Å². The summed E-state index contributed by atoms with van der Waals surface area (Å²) in [7, 11) is 0. The zero-order valence-corrected chi connectivity index (χ0v) is 19.9. The predicted molar refractivity (Wildman–Crippen MR) is 128 cm³/mol. The van der Waals surface area contributed by atoms with Crippen molar-refractivity contribution in [3.63, 3.8) is 0 Å². The first kappa shape index (κ1) is 26.8. The van der Waals surface area contributed by atoms with Crippen molar-refractivity contribution in [2.24, 2.45) is 5.92 Å². The van der Waals surface area contributed by atoms with Crippen molar-refractivity contribution >= 4 is 17.6 Å². The van der Waals surface area contributed by atoms with E-state index in [2.05, 4.69) is 19.1 Å². The second-order valence-electron chi connectivity index (χ2n) is 8.73. The SMILES string of the molecule is CCCCCC(O)c1ccc(C2C(CC=CCCCC(=O)OCCO)[C@H](Cl)C[C@H]2O)cc1. The third-order valence-electron chi connectivity index (χ3n) is 6.28. The maximum atomic E-state index is 11.4. The highest BCUT2D eigenvalue weighted by Crippen LogP contribution is 2.45. The first-order valence-corrected chi connectivity index (χ1v) is 12.4. The predicted octanol–water partition coefficient (Wildman–Crippen LogP) is 5.02.